The molecule has 2 bridgehead atoms. The van der Waals surface area contributed by atoms with Gasteiger partial charge in [0.15, 0.2) is 0 Å². The molecule has 2 fully saturated rings. The molecule has 5 rings (SSSR count). The van der Waals surface area contributed by atoms with Crippen LogP contribution in [0, 0.1) is 6.92 Å². The van der Waals surface area contributed by atoms with Crippen LogP contribution in [0.5, 0.6) is 5.75 Å². The minimum absolute atomic E-state index is 0.153. The third kappa shape index (κ3) is 3.73. The van der Waals surface area contributed by atoms with Crippen molar-refractivity contribution < 1.29 is 9.84 Å². The van der Waals surface area contributed by atoms with Crippen LogP contribution in [0.2, 0.25) is 0 Å². The van der Waals surface area contributed by atoms with E-state index in [2.05, 4.69) is 39.8 Å². The van der Waals surface area contributed by atoms with Crippen molar-refractivity contribution in [3.05, 3.63) is 58.1 Å². The monoisotopic (exact) mass is 436 g/mol. The Morgan fingerprint density at radius 1 is 1.19 bits per heavy atom. The molecule has 170 valence electrons. The molecule has 0 amide bonds. The summed E-state index contributed by atoms with van der Waals surface area (Å²) in [4.78, 5) is 14.8. The number of ether oxygens (including phenoxy) is 1. The van der Waals surface area contributed by atoms with Gasteiger partial charge in [0, 0.05) is 48.3 Å². The van der Waals surface area contributed by atoms with Crippen LogP contribution in [0.1, 0.15) is 43.9 Å². The molecule has 7 heteroatoms. The molecule has 0 saturated carbocycles. The van der Waals surface area contributed by atoms with Gasteiger partial charge in [-0.2, -0.15) is 5.10 Å². The Balaban J connectivity index is 1.39. The number of benzene rings is 1. The first-order chi connectivity index (χ1) is 15.4. The quantitative estimate of drug-likeness (QED) is 0.643. The van der Waals surface area contributed by atoms with Gasteiger partial charge in [0.25, 0.3) is 5.56 Å². The van der Waals surface area contributed by atoms with Gasteiger partial charge in [-0.05, 0) is 69.4 Å². The van der Waals surface area contributed by atoms with Crippen LogP contribution in [0.15, 0.2) is 41.3 Å². The van der Waals surface area contributed by atoms with Gasteiger partial charge in [0.05, 0.1) is 24.9 Å². The molecule has 0 unspecified atom stereocenters. The van der Waals surface area contributed by atoms with Crippen molar-refractivity contribution in [2.24, 2.45) is 0 Å². The van der Waals surface area contributed by atoms with E-state index in [0.717, 1.165) is 37.4 Å². The molecule has 7 nitrogen and oxygen atoms in total. The van der Waals surface area contributed by atoms with Gasteiger partial charge in [-0.1, -0.05) is 0 Å². The maximum atomic E-state index is 12.2. The fourth-order valence-corrected chi connectivity index (χ4v) is 5.81. The van der Waals surface area contributed by atoms with Crippen molar-refractivity contribution in [1.29, 1.82) is 0 Å². The summed E-state index contributed by atoms with van der Waals surface area (Å²) in [7, 11) is 1.71. The molecule has 2 atom stereocenters. The number of rotatable bonds is 6. The largest absolute Gasteiger partial charge is 0.497 e. The third-order valence-electron chi connectivity index (χ3n) is 7.31. The van der Waals surface area contributed by atoms with Gasteiger partial charge in [-0.25, -0.2) is 4.68 Å². The maximum Gasteiger partial charge on any atom is 0.266 e. The molecule has 2 aromatic heterocycles. The van der Waals surface area contributed by atoms with E-state index in [1.807, 2.05) is 13.0 Å². The van der Waals surface area contributed by atoms with Gasteiger partial charge in [0.2, 0.25) is 0 Å². The molecule has 2 aliphatic rings. The van der Waals surface area contributed by atoms with E-state index in [1.54, 1.807) is 13.2 Å². The molecule has 1 N–H and O–H groups in total. The summed E-state index contributed by atoms with van der Waals surface area (Å²) in [6.45, 7) is 6.09. The van der Waals surface area contributed by atoms with Crippen LogP contribution in [0.3, 0.4) is 0 Å². The number of piperidine rings is 1. The summed E-state index contributed by atoms with van der Waals surface area (Å²) in [6.07, 6.45) is 5.76. The lowest BCUT2D eigenvalue weighted by atomic mass is 9.85. The first-order valence-corrected chi connectivity index (χ1v) is 11.6. The smallest absolute Gasteiger partial charge is 0.266 e. The molecule has 0 aliphatic carbocycles. The summed E-state index contributed by atoms with van der Waals surface area (Å²) in [5.74, 6) is 0.875. The van der Waals surface area contributed by atoms with E-state index in [4.69, 9.17) is 4.74 Å². The average Bonchev–Trinajstić information content (AvgIpc) is 3.25. The van der Waals surface area contributed by atoms with Crippen molar-refractivity contribution in [2.75, 3.05) is 7.11 Å². The van der Waals surface area contributed by atoms with Crippen LogP contribution in [0.25, 0.3) is 10.9 Å². The predicted molar refractivity (Wildman–Crippen MR) is 124 cm³/mol. The molecule has 2 saturated heterocycles. The molecule has 4 heterocycles. The second-order valence-corrected chi connectivity index (χ2v) is 9.48. The minimum atomic E-state index is -0.895. The highest BCUT2D eigenvalue weighted by Crippen LogP contribution is 2.43. The topological polar surface area (TPSA) is 72.5 Å². The number of methoxy groups -OCH3 is 1. The lowest BCUT2D eigenvalue weighted by Gasteiger charge is -2.43. The summed E-state index contributed by atoms with van der Waals surface area (Å²) in [5.41, 5.74) is 2.28. The van der Waals surface area contributed by atoms with E-state index in [-0.39, 0.29) is 12.1 Å². The minimum Gasteiger partial charge on any atom is -0.497 e. The Hall–Kier alpha value is -2.64. The number of aliphatic hydroxyl groups is 1. The van der Waals surface area contributed by atoms with E-state index in [1.165, 1.54) is 27.2 Å². The van der Waals surface area contributed by atoms with Crippen molar-refractivity contribution in [2.45, 2.75) is 76.8 Å². The van der Waals surface area contributed by atoms with Crippen molar-refractivity contribution in [3.63, 3.8) is 0 Å². The first-order valence-electron chi connectivity index (χ1n) is 11.6. The van der Waals surface area contributed by atoms with Crippen molar-refractivity contribution in [3.8, 4) is 5.75 Å². The number of hydrogen-bond donors (Lipinski definition) is 1. The van der Waals surface area contributed by atoms with Crippen LogP contribution in [-0.2, 0) is 19.6 Å². The lowest BCUT2D eigenvalue weighted by molar-refractivity contribution is -0.0677. The van der Waals surface area contributed by atoms with Gasteiger partial charge in [0.1, 0.15) is 5.75 Å². The van der Waals surface area contributed by atoms with Gasteiger partial charge >= 0.3 is 0 Å². The molecule has 32 heavy (non-hydrogen) atoms. The van der Waals surface area contributed by atoms with E-state index in [0.29, 0.717) is 24.9 Å². The van der Waals surface area contributed by atoms with E-state index >= 15 is 0 Å². The molecular formula is C25H32N4O3. The van der Waals surface area contributed by atoms with Crippen molar-refractivity contribution in [1.82, 2.24) is 19.2 Å². The Morgan fingerprint density at radius 2 is 1.94 bits per heavy atom. The van der Waals surface area contributed by atoms with Crippen LogP contribution < -0.4 is 10.3 Å². The Kier molecular flexibility index (Phi) is 5.34. The normalized spacial score (nSPS) is 25.5. The van der Waals surface area contributed by atoms with Crippen LogP contribution in [-0.4, -0.2) is 49.1 Å². The molecule has 2 aliphatic heterocycles. The van der Waals surface area contributed by atoms with Crippen LogP contribution >= 0.6 is 0 Å². The Morgan fingerprint density at radius 3 is 2.62 bits per heavy atom. The van der Waals surface area contributed by atoms with Gasteiger partial charge < -0.3 is 14.4 Å². The molecule has 1 aromatic carbocycles. The number of nitrogens with zero attached hydrogens (tertiary/aromatic N) is 4. The summed E-state index contributed by atoms with van der Waals surface area (Å²) >= 11 is 0. The molecular weight excluding hydrogens is 404 g/mol. The zero-order chi connectivity index (χ0) is 22.5. The number of aryl methyl sites for hydroxylation is 2. The maximum absolute atomic E-state index is 12.2. The lowest BCUT2D eigenvalue weighted by Crippen LogP contribution is -2.53. The average molecular weight is 437 g/mol. The highest BCUT2D eigenvalue weighted by atomic mass is 16.5. The SMILES string of the molecule is CCn1cc(CN2[C@@H]3CC[C@@H]2CC(O)(Cn2nc(C)ccc2=O)C3)c2cc(OC)ccc21. The standard InChI is InChI=1S/C25H32N4O3/c1-4-27-14-18(22-11-21(32-3)8-9-23(22)27)15-28-19-6-7-20(28)13-25(31,12-19)16-29-24(30)10-5-17(2)26-29/h5,8-11,14,19-20,31H,4,6-7,12-13,15-16H2,1-3H3/t19-,20-/m1/s1. The van der Waals surface area contributed by atoms with E-state index < -0.39 is 5.60 Å². The fourth-order valence-electron chi connectivity index (χ4n) is 5.81. The second-order valence-electron chi connectivity index (χ2n) is 9.48. The molecule has 0 spiro atoms. The summed E-state index contributed by atoms with van der Waals surface area (Å²) in [6, 6.07) is 10.2. The van der Waals surface area contributed by atoms with Crippen LogP contribution in [0.4, 0.5) is 0 Å². The highest BCUT2D eigenvalue weighted by molar-refractivity contribution is 5.85. The van der Waals surface area contributed by atoms with Crippen molar-refractivity contribution >= 4 is 10.9 Å². The highest BCUT2D eigenvalue weighted by Gasteiger charge is 2.47. The first kappa shape index (κ1) is 21.2. The summed E-state index contributed by atoms with van der Waals surface area (Å²) in [5, 5.41) is 17.0. The third-order valence-corrected chi connectivity index (χ3v) is 7.31. The second kappa shape index (κ2) is 8.05. The van der Waals surface area contributed by atoms with E-state index in [9.17, 15) is 9.90 Å². The number of fused-ring (bicyclic) bond motifs is 3. The number of aromatic nitrogens is 3. The Labute approximate surface area is 188 Å². The molecule has 0 radical (unpaired) electrons. The summed E-state index contributed by atoms with van der Waals surface area (Å²) < 4.78 is 9.21. The molecule has 3 aromatic rings. The van der Waals surface area contributed by atoms with Gasteiger partial charge in [-0.3, -0.25) is 9.69 Å². The number of hydrogen-bond acceptors (Lipinski definition) is 5. The van der Waals surface area contributed by atoms with Gasteiger partial charge in [-0.15, -0.1) is 0 Å². The zero-order valence-corrected chi connectivity index (χ0v) is 19.1. The predicted octanol–water partition coefficient (Wildman–Crippen LogP) is 3.09. The zero-order valence-electron chi connectivity index (χ0n) is 19.1. The Bertz CT molecular complexity index is 1180. The fraction of sp³-hybridized carbons (Fsp3) is 0.520.